The lowest BCUT2D eigenvalue weighted by Gasteiger charge is -2.35. The Kier molecular flexibility index (Phi) is 10.6. The number of hydrogen-bond donors (Lipinski definition) is 2. The predicted octanol–water partition coefficient (Wildman–Crippen LogP) is 2.96. The molecular weight excluding hydrogens is 378 g/mol. The molecule has 0 amide bonds. The normalized spacial score (nSPS) is 15.4. The molecule has 0 atom stereocenters. The molecule has 7 nitrogen and oxygen atoms in total. The first-order valence-corrected chi connectivity index (χ1v) is 11.3. The molecule has 0 aromatic heterocycles. The number of hydrogen-bond acceptors (Lipinski definition) is 5. The van der Waals surface area contributed by atoms with Gasteiger partial charge in [0.05, 0.1) is 20.8 Å². The molecule has 30 heavy (non-hydrogen) atoms. The van der Waals surface area contributed by atoms with Crippen LogP contribution in [-0.4, -0.2) is 77.4 Å². The quantitative estimate of drug-likeness (QED) is 0.425. The average Bonchev–Trinajstić information content (AvgIpc) is 2.77. The third kappa shape index (κ3) is 7.94. The van der Waals surface area contributed by atoms with E-state index in [1.54, 1.807) is 14.2 Å². The Balaban J connectivity index is 1.86. The lowest BCUT2D eigenvalue weighted by Crippen LogP contribution is -2.49. The van der Waals surface area contributed by atoms with E-state index >= 15 is 0 Å². The Morgan fingerprint density at radius 3 is 2.33 bits per heavy atom. The van der Waals surface area contributed by atoms with Gasteiger partial charge in [0.15, 0.2) is 5.96 Å². The number of nitrogens with one attached hydrogen (secondary N) is 2. The van der Waals surface area contributed by atoms with Crippen LogP contribution in [0.25, 0.3) is 0 Å². The van der Waals surface area contributed by atoms with E-state index in [1.807, 2.05) is 6.07 Å². The standard InChI is InChI=1S/C23H41N5O2/c1-6-8-12-27(3)15-11-25-23(24-7-2)26-19-9-13-28(14-10-19)20-16-21(29-4)18-22(17-20)30-5/h16-19H,6-15H2,1-5H3,(H2,24,25,26). The predicted molar refractivity (Wildman–Crippen MR) is 126 cm³/mol. The first kappa shape index (κ1) is 24.1. The highest BCUT2D eigenvalue weighted by molar-refractivity contribution is 5.80. The molecule has 2 rings (SSSR count). The van der Waals surface area contributed by atoms with Crippen molar-refractivity contribution < 1.29 is 9.47 Å². The van der Waals surface area contributed by atoms with Crippen molar-refractivity contribution in [3.63, 3.8) is 0 Å². The van der Waals surface area contributed by atoms with Gasteiger partial charge < -0.3 is 29.9 Å². The number of ether oxygens (including phenoxy) is 2. The topological polar surface area (TPSA) is 61.4 Å². The van der Waals surface area contributed by atoms with Crippen molar-refractivity contribution in [1.29, 1.82) is 0 Å². The fraction of sp³-hybridized carbons (Fsp3) is 0.696. The van der Waals surface area contributed by atoms with Crippen LogP contribution in [0.5, 0.6) is 11.5 Å². The fourth-order valence-electron chi connectivity index (χ4n) is 3.64. The Bertz CT molecular complexity index is 622. The summed E-state index contributed by atoms with van der Waals surface area (Å²) in [5.74, 6) is 2.59. The molecule has 7 heteroatoms. The second-order valence-electron chi connectivity index (χ2n) is 7.89. The molecule has 170 valence electrons. The lowest BCUT2D eigenvalue weighted by molar-refractivity contribution is 0.337. The molecule has 1 aliphatic heterocycles. The molecule has 1 saturated heterocycles. The highest BCUT2D eigenvalue weighted by Crippen LogP contribution is 2.30. The highest BCUT2D eigenvalue weighted by Gasteiger charge is 2.21. The maximum atomic E-state index is 5.42. The van der Waals surface area contributed by atoms with Gasteiger partial charge in [-0.25, -0.2) is 0 Å². The van der Waals surface area contributed by atoms with Gasteiger partial charge >= 0.3 is 0 Å². The molecule has 1 aromatic carbocycles. The van der Waals surface area contributed by atoms with Gasteiger partial charge in [0.25, 0.3) is 0 Å². The summed E-state index contributed by atoms with van der Waals surface area (Å²) in [5.41, 5.74) is 1.15. The zero-order valence-electron chi connectivity index (χ0n) is 19.5. The number of unbranched alkanes of at least 4 members (excludes halogenated alkanes) is 1. The van der Waals surface area contributed by atoms with Crippen LogP contribution in [0, 0.1) is 0 Å². The van der Waals surface area contributed by atoms with E-state index in [0.29, 0.717) is 6.04 Å². The fourth-order valence-corrected chi connectivity index (χ4v) is 3.64. The SMILES string of the molecule is CCCCN(C)CCN=C(NCC)NC1CCN(c2cc(OC)cc(OC)c2)CC1. The number of aliphatic imine (C=N–C) groups is 1. The molecule has 0 aliphatic carbocycles. The average molecular weight is 420 g/mol. The van der Waals surface area contributed by atoms with Crippen LogP contribution in [0.15, 0.2) is 23.2 Å². The van der Waals surface area contributed by atoms with E-state index in [1.165, 1.54) is 12.8 Å². The zero-order valence-corrected chi connectivity index (χ0v) is 19.5. The van der Waals surface area contributed by atoms with E-state index in [-0.39, 0.29) is 0 Å². The first-order valence-electron chi connectivity index (χ1n) is 11.3. The van der Waals surface area contributed by atoms with E-state index in [2.05, 4.69) is 53.5 Å². The van der Waals surface area contributed by atoms with Gasteiger partial charge in [0, 0.05) is 56.1 Å². The Morgan fingerprint density at radius 1 is 1.10 bits per heavy atom. The molecule has 1 heterocycles. The minimum atomic E-state index is 0.435. The minimum absolute atomic E-state index is 0.435. The summed E-state index contributed by atoms with van der Waals surface area (Å²) in [5, 5.41) is 7.03. The number of likely N-dealkylation sites (N-methyl/N-ethyl adjacent to an activating group) is 1. The zero-order chi connectivity index (χ0) is 21.8. The Hall–Kier alpha value is -2.15. The van der Waals surface area contributed by atoms with Crippen molar-refractivity contribution in [1.82, 2.24) is 15.5 Å². The van der Waals surface area contributed by atoms with Gasteiger partial charge in [0.2, 0.25) is 0 Å². The Morgan fingerprint density at radius 2 is 1.77 bits per heavy atom. The van der Waals surface area contributed by atoms with Gasteiger partial charge in [-0.3, -0.25) is 4.99 Å². The van der Waals surface area contributed by atoms with E-state index in [9.17, 15) is 0 Å². The summed E-state index contributed by atoms with van der Waals surface area (Å²) in [6.45, 7) is 10.2. The summed E-state index contributed by atoms with van der Waals surface area (Å²) in [7, 11) is 5.56. The van der Waals surface area contributed by atoms with Crippen LogP contribution in [0.4, 0.5) is 5.69 Å². The smallest absolute Gasteiger partial charge is 0.191 e. The van der Waals surface area contributed by atoms with Crippen LogP contribution in [-0.2, 0) is 0 Å². The van der Waals surface area contributed by atoms with Crippen LogP contribution >= 0.6 is 0 Å². The van der Waals surface area contributed by atoms with Crippen molar-refractivity contribution in [2.45, 2.75) is 45.6 Å². The highest BCUT2D eigenvalue weighted by atomic mass is 16.5. The van der Waals surface area contributed by atoms with Crippen LogP contribution < -0.4 is 25.0 Å². The van der Waals surface area contributed by atoms with Crippen molar-refractivity contribution >= 4 is 11.6 Å². The molecule has 1 aliphatic rings. The molecule has 0 spiro atoms. The van der Waals surface area contributed by atoms with E-state index in [0.717, 1.165) is 75.3 Å². The van der Waals surface area contributed by atoms with Gasteiger partial charge in [-0.2, -0.15) is 0 Å². The molecule has 0 saturated carbocycles. The Labute approximate surface area is 182 Å². The molecule has 1 aromatic rings. The van der Waals surface area contributed by atoms with E-state index in [4.69, 9.17) is 14.5 Å². The summed E-state index contributed by atoms with van der Waals surface area (Å²) < 4.78 is 10.8. The molecular formula is C23H41N5O2. The third-order valence-electron chi connectivity index (χ3n) is 5.53. The summed E-state index contributed by atoms with van der Waals surface area (Å²) in [6.07, 6.45) is 4.62. The second kappa shape index (κ2) is 13.2. The van der Waals surface area contributed by atoms with Crippen molar-refractivity contribution in [3.8, 4) is 11.5 Å². The van der Waals surface area contributed by atoms with Crippen LogP contribution in [0.3, 0.4) is 0 Å². The number of methoxy groups -OCH3 is 2. The van der Waals surface area contributed by atoms with E-state index < -0.39 is 0 Å². The van der Waals surface area contributed by atoms with Crippen LogP contribution in [0.1, 0.15) is 39.5 Å². The van der Waals surface area contributed by atoms with Crippen molar-refractivity contribution in [2.24, 2.45) is 4.99 Å². The number of anilines is 1. The molecule has 0 radical (unpaired) electrons. The number of piperidine rings is 1. The van der Waals surface area contributed by atoms with Gasteiger partial charge in [-0.05, 0) is 39.8 Å². The number of rotatable bonds is 11. The molecule has 0 bridgehead atoms. The largest absolute Gasteiger partial charge is 0.497 e. The number of guanidine groups is 1. The lowest BCUT2D eigenvalue weighted by atomic mass is 10.0. The maximum absolute atomic E-state index is 5.42. The van der Waals surface area contributed by atoms with Gasteiger partial charge in [0.1, 0.15) is 11.5 Å². The maximum Gasteiger partial charge on any atom is 0.191 e. The minimum Gasteiger partial charge on any atom is -0.497 e. The molecule has 1 fully saturated rings. The summed E-state index contributed by atoms with van der Waals surface area (Å²) in [6, 6.07) is 6.51. The second-order valence-corrected chi connectivity index (χ2v) is 7.89. The monoisotopic (exact) mass is 419 g/mol. The van der Waals surface area contributed by atoms with Crippen LogP contribution in [0.2, 0.25) is 0 Å². The first-order chi connectivity index (χ1) is 14.6. The summed E-state index contributed by atoms with van der Waals surface area (Å²) >= 11 is 0. The van der Waals surface area contributed by atoms with Crippen molar-refractivity contribution in [2.75, 3.05) is 65.4 Å². The third-order valence-corrected chi connectivity index (χ3v) is 5.53. The molecule has 2 N–H and O–H groups in total. The van der Waals surface area contributed by atoms with Crippen molar-refractivity contribution in [3.05, 3.63) is 18.2 Å². The van der Waals surface area contributed by atoms with Gasteiger partial charge in [-0.1, -0.05) is 13.3 Å². The van der Waals surface area contributed by atoms with Gasteiger partial charge in [-0.15, -0.1) is 0 Å². The number of benzene rings is 1. The molecule has 0 unspecified atom stereocenters. The number of nitrogens with zero attached hydrogens (tertiary/aromatic N) is 3. The summed E-state index contributed by atoms with van der Waals surface area (Å²) in [4.78, 5) is 9.54.